The number of hydrogen-bond donors (Lipinski definition) is 0. The van der Waals surface area contributed by atoms with Gasteiger partial charge in [0.25, 0.3) is 0 Å². The number of carbonyl (C=O) groups is 1. The van der Waals surface area contributed by atoms with Crippen molar-refractivity contribution in [3.05, 3.63) is 47.3 Å². The van der Waals surface area contributed by atoms with Gasteiger partial charge in [0.15, 0.2) is 0 Å². The molecule has 0 aliphatic heterocycles. The van der Waals surface area contributed by atoms with E-state index in [4.69, 9.17) is 0 Å². The zero-order chi connectivity index (χ0) is 13.3. The van der Waals surface area contributed by atoms with E-state index < -0.39 is 0 Å². The monoisotopic (exact) mass is 245 g/mol. The average Bonchev–Trinajstić information content (AvgIpc) is 2.30. The largest absolute Gasteiger partial charge is 0.349 e. The summed E-state index contributed by atoms with van der Waals surface area (Å²) in [6, 6.07) is 8.62. The summed E-state index contributed by atoms with van der Waals surface area (Å²) >= 11 is 0. The van der Waals surface area contributed by atoms with Gasteiger partial charge in [-0.25, -0.2) is 4.39 Å². The van der Waals surface area contributed by atoms with Crippen LogP contribution in [0.5, 0.6) is 0 Å². The predicted molar refractivity (Wildman–Crippen MR) is 71.0 cm³/mol. The quantitative estimate of drug-likeness (QED) is 0.796. The van der Waals surface area contributed by atoms with Crippen molar-refractivity contribution in [3.63, 3.8) is 0 Å². The fourth-order valence-corrected chi connectivity index (χ4v) is 2.03. The van der Waals surface area contributed by atoms with Gasteiger partial charge in [0.05, 0.1) is 6.42 Å². The molecule has 0 atom stereocenters. The van der Waals surface area contributed by atoms with Crippen molar-refractivity contribution < 1.29 is 9.18 Å². The highest BCUT2D eigenvalue weighted by Crippen LogP contribution is 2.22. The lowest BCUT2D eigenvalue weighted by Crippen LogP contribution is -2.23. The van der Waals surface area contributed by atoms with Crippen molar-refractivity contribution in [2.24, 2.45) is 0 Å². The minimum atomic E-state index is -0.234. The third-order valence-corrected chi connectivity index (χ3v) is 3.04. The fraction of sp³-hybridized carbons (Fsp3) is 0.267. The van der Waals surface area contributed by atoms with Crippen molar-refractivity contribution in [2.45, 2.75) is 13.3 Å². The van der Waals surface area contributed by atoms with Gasteiger partial charge in [-0.05, 0) is 41.0 Å². The number of aryl methyl sites for hydroxylation is 1. The Bertz CT molecular complexity index is 605. The molecule has 3 heteroatoms. The molecule has 0 heterocycles. The molecule has 0 aliphatic carbocycles. The molecule has 0 radical (unpaired) electrons. The molecule has 18 heavy (non-hydrogen) atoms. The lowest BCUT2D eigenvalue weighted by Gasteiger charge is -2.11. The van der Waals surface area contributed by atoms with Crippen LogP contribution < -0.4 is 0 Å². The molecule has 0 aromatic heterocycles. The average molecular weight is 245 g/mol. The molecule has 0 saturated carbocycles. The second-order valence-corrected chi connectivity index (χ2v) is 4.74. The van der Waals surface area contributed by atoms with Crippen LogP contribution in [0.25, 0.3) is 10.8 Å². The normalized spacial score (nSPS) is 10.7. The van der Waals surface area contributed by atoms with Crippen LogP contribution in [0, 0.1) is 12.7 Å². The molecule has 0 spiro atoms. The Morgan fingerprint density at radius 3 is 2.61 bits per heavy atom. The Hall–Kier alpha value is -1.90. The van der Waals surface area contributed by atoms with Crippen LogP contribution in [0.4, 0.5) is 4.39 Å². The number of likely N-dealkylation sites (N-methyl/N-ethyl adjacent to an activating group) is 1. The number of nitrogens with zero attached hydrogens (tertiary/aromatic N) is 1. The second-order valence-electron chi connectivity index (χ2n) is 4.74. The van der Waals surface area contributed by atoms with Gasteiger partial charge in [0.2, 0.25) is 5.91 Å². The van der Waals surface area contributed by atoms with Gasteiger partial charge in [-0.15, -0.1) is 0 Å². The summed E-state index contributed by atoms with van der Waals surface area (Å²) < 4.78 is 13.2. The molecule has 0 aliphatic rings. The summed E-state index contributed by atoms with van der Waals surface area (Å²) in [5.41, 5.74) is 1.96. The molecule has 1 amide bonds. The van der Waals surface area contributed by atoms with E-state index in [0.717, 1.165) is 21.9 Å². The third-order valence-electron chi connectivity index (χ3n) is 3.04. The summed E-state index contributed by atoms with van der Waals surface area (Å²) in [6.07, 6.45) is 0.376. The Labute approximate surface area is 106 Å². The number of fused-ring (bicyclic) bond motifs is 1. The highest BCUT2D eigenvalue weighted by Gasteiger charge is 2.08. The third kappa shape index (κ3) is 2.50. The first-order valence-corrected chi connectivity index (χ1v) is 5.86. The number of rotatable bonds is 2. The maximum Gasteiger partial charge on any atom is 0.226 e. The minimum absolute atomic E-state index is 0.0656. The first-order valence-electron chi connectivity index (χ1n) is 5.86. The SMILES string of the molecule is Cc1cc(CC(=O)N(C)C)cc2ccc(F)cc12. The lowest BCUT2D eigenvalue weighted by molar-refractivity contribution is -0.127. The van der Waals surface area contributed by atoms with E-state index >= 15 is 0 Å². The van der Waals surface area contributed by atoms with Crippen LogP contribution >= 0.6 is 0 Å². The van der Waals surface area contributed by atoms with E-state index in [1.807, 2.05) is 19.1 Å². The molecule has 0 bridgehead atoms. The lowest BCUT2D eigenvalue weighted by atomic mass is 10.00. The standard InChI is InChI=1S/C15H16FNO/c1-10-6-11(8-15(18)17(2)3)7-12-4-5-13(16)9-14(10)12/h4-7,9H,8H2,1-3H3. The van der Waals surface area contributed by atoms with Crippen LogP contribution in [0.3, 0.4) is 0 Å². The number of hydrogen-bond acceptors (Lipinski definition) is 1. The van der Waals surface area contributed by atoms with Crippen molar-refractivity contribution in [2.75, 3.05) is 14.1 Å². The number of benzene rings is 2. The predicted octanol–water partition coefficient (Wildman–Crippen LogP) is 2.92. The van der Waals surface area contributed by atoms with Gasteiger partial charge in [-0.3, -0.25) is 4.79 Å². The highest BCUT2D eigenvalue weighted by atomic mass is 19.1. The Balaban J connectivity index is 2.43. The summed E-state index contributed by atoms with van der Waals surface area (Å²) in [6.45, 7) is 1.94. The van der Waals surface area contributed by atoms with E-state index in [9.17, 15) is 9.18 Å². The van der Waals surface area contributed by atoms with Crippen molar-refractivity contribution in [3.8, 4) is 0 Å². The van der Waals surface area contributed by atoms with Gasteiger partial charge >= 0.3 is 0 Å². The molecule has 0 saturated heterocycles. The van der Waals surface area contributed by atoms with Gasteiger partial charge in [0.1, 0.15) is 5.82 Å². The molecule has 2 aromatic carbocycles. The number of halogens is 1. The maximum absolute atomic E-state index is 13.2. The van der Waals surface area contributed by atoms with E-state index in [1.165, 1.54) is 12.1 Å². The van der Waals surface area contributed by atoms with Crippen molar-refractivity contribution >= 4 is 16.7 Å². The maximum atomic E-state index is 13.2. The smallest absolute Gasteiger partial charge is 0.226 e. The van der Waals surface area contributed by atoms with Gasteiger partial charge in [0, 0.05) is 14.1 Å². The van der Waals surface area contributed by atoms with Crippen molar-refractivity contribution in [1.29, 1.82) is 0 Å². The zero-order valence-corrected chi connectivity index (χ0v) is 10.8. The molecule has 2 nitrogen and oxygen atoms in total. The van der Waals surface area contributed by atoms with Crippen LogP contribution in [0.1, 0.15) is 11.1 Å². The summed E-state index contributed by atoms with van der Waals surface area (Å²) in [7, 11) is 3.48. The molecule has 0 fully saturated rings. The molecular formula is C15H16FNO. The van der Waals surface area contributed by atoms with E-state index in [2.05, 4.69) is 0 Å². The zero-order valence-electron chi connectivity index (χ0n) is 10.8. The van der Waals surface area contributed by atoms with Gasteiger partial charge < -0.3 is 4.90 Å². The molecule has 0 unspecified atom stereocenters. The second kappa shape index (κ2) is 4.77. The Morgan fingerprint density at radius 2 is 1.94 bits per heavy atom. The molecule has 2 aromatic rings. The molecule has 2 rings (SSSR count). The first-order chi connectivity index (χ1) is 8.47. The highest BCUT2D eigenvalue weighted by molar-refractivity contribution is 5.88. The number of carbonyl (C=O) groups excluding carboxylic acids is 1. The first kappa shape index (κ1) is 12.6. The number of amides is 1. The molecule has 0 N–H and O–H groups in total. The van der Waals surface area contributed by atoms with Crippen LogP contribution in [-0.2, 0) is 11.2 Å². The molecule has 94 valence electrons. The minimum Gasteiger partial charge on any atom is -0.349 e. The van der Waals surface area contributed by atoms with Crippen LogP contribution in [0.15, 0.2) is 30.3 Å². The van der Waals surface area contributed by atoms with Gasteiger partial charge in [-0.1, -0.05) is 18.2 Å². The summed E-state index contributed by atoms with van der Waals surface area (Å²) in [5.74, 6) is -0.168. The van der Waals surface area contributed by atoms with Gasteiger partial charge in [-0.2, -0.15) is 0 Å². The molecular weight excluding hydrogens is 229 g/mol. The summed E-state index contributed by atoms with van der Waals surface area (Å²) in [5, 5.41) is 1.87. The van der Waals surface area contributed by atoms with Crippen molar-refractivity contribution in [1.82, 2.24) is 4.90 Å². The summed E-state index contributed by atoms with van der Waals surface area (Å²) in [4.78, 5) is 13.3. The topological polar surface area (TPSA) is 20.3 Å². The fourth-order valence-electron chi connectivity index (χ4n) is 2.03. The van der Waals surface area contributed by atoms with Crippen LogP contribution in [-0.4, -0.2) is 24.9 Å². The van der Waals surface area contributed by atoms with Crippen LogP contribution in [0.2, 0.25) is 0 Å². The Kier molecular flexibility index (Phi) is 3.32. The van der Waals surface area contributed by atoms with E-state index in [-0.39, 0.29) is 11.7 Å². The van der Waals surface area contributed by atoms with E-state index in [0.29, 0.717) is 6.42 Å². The van der Waals surface area contributed by atoms with E-state index in [1.54, 1.807) is 25.1 Å². The Morgan fingerprint density at radius 1 is 1.22 bits per heavy atom.